The fourth-order valence-corrected chi connectivity index (χ4v) is 4.05. The highest BCUT2D eigenvalue weighted by molar-refractivity contribution is 8.00. The van der Waals surface area contributed by atoms with Crippen molar-refractivity contribution in [3.8, 4) is 17.1 Å². The van der Waals surface area contributed by atoms with Crippen molar-refractivity contribution in [2.75, 3.05) is 5.32 Å². The number of rotatable bonds is 2. The van der Waals surface area contributed by atoms with Crippen molar-refractivity contribution in [1.82, 2.24) is 19.5 Å². The molecule has 8 heteroatoms. The first kappa shape index (κ1) is 16.2. The third-order valence-corrected chi connectivity index (χ3v) is 5.30. The Morgan fingerprint density at radius 2 is 2.04 bits per heavy atom. The third-order valence-electron chi connectivity index (χ3n) is 4.37. The summed E-state index contributed by atoms with van der Waals surface area (Å²) in [5, 5.41) is 12.8. The van der Waals surface area contributed by atoms with E-state index in [1.807, 2.05) is 41.8 Å². The number of halogens is 1. The van der Waals surface area contributed by atoms with E-state index in [2.05, 4.69) is 20.3 Å². The van der Waals surface area contributed by atoms with Gasteiger partial charge in [-0.3, -0.25) is 4.57 Å². The normalized spacial score (nSPS) is 15.7. The van der Waals surface area contributed by atoms with Crippen molar-refractivity contribution in [3.05, 3.63) is 60.3 Å². The number of aliphatic hydroxyl groups is 1. The standard InChI is InChI=1S/C19H14FN5OS/c1-10-2-4-14-18(22-10)25(17(23-14)11-6-7-21-16(20)8-11)12-3-5-13-15(9-12)27-19(26)24-13/h2-9,19,24,26H,1H3. The van der Waals surface area contributed by atoms with Crippen molar-refractivity contribution in [2.24, 2.45) is 0 Å². The zero-order chi connectivity index (χ0) is 18.5. The Morgan fingerprint density at radius 1 is 1.15 bits per heavy atom. The maximum atomic E-state index is 13.7. The minimum atomic E-state index is -0.663. The Kier molecular flexibility index (Phi) is 3.63. The molecule has 0 spiro atoms. The second-order valence-electron chi connectivity index (χ2n) is 6.23. The van der Waals surface area contributed by atoms with Crippen LogP contribution in [-0.4, -0.2) is 30.2 Å². The van der Waals surface area contributed by atoms with Crippen molar-refractivity contribution < 1.29 is 9.50 Å². The van der Waals surface area contributed by atoms with E-state index in [0.29, 0.717) is 17.0 Å². The van der Waals surface area contributed by atoms with Gasteiger partial charge in [-0.1, -0.05) is 11.8 Å². The van der Waals surface area contributed by atoms with Gasteiger partial charge in [0.25, 0.3) is 0 Å². The maximum absolute atomic E-state index is 13.7. The van der Waals surface area contributed by atoms with Crippen molar-refractivity contribution in [2.45, 2.75) is 17.4 Å². The minimum Gasteiger partial charge on any atom is -0.364 e. The van der Waals surface area contributed by atoms with Gasteiger partial charge in [-0.25, -0.2) is 15.0 Å². The minimum absolute atomic E-state index is 0.563. The summed E-state index contributed by atoms with van der Waals surface area (Å²) in [4.78, 5) is 13.9. The van der Waals surface area contributed by atoms with Gasteiger partial charge in [-0.2, -0.15) is 4.39 Å². The Balaban J connectivity index is 1.79. The quantitative estimate of drug-likeness (QED) is 0.517. The molecule has 0 fully saturated rings. The first-order valence-corrected chi connectivity index (χ1v) is 9.20. The lowest BCUT2D eigenvalue weighted by Crippen LogP contribution is -2.06. The first-order chi connectivity index (χ1) is 13.1. The summed E-state index contributed by atoms with van der Waals surface area (Å²) in [5.41, 5.74) is 3.95. The summed E-state index contributed by atoms with van der Waals surface area (Å²) in [5.74, 6) is 0.0212. The van der Waals surface area contributed by atoms with Gasteiger partial charge in [0.1, 0.15) is 11.3 Å². The van der Waals surface area contributed by atoms with Crippen molar-refractivity contribution in [1.29, 1.82) is 0 Å². The van der Waals surface area contributed by atoms with Crippen LogP contribution in [0.25, 0.3) is 28.2 Å². The highest BCUT2D eigenvalue weighted by Crippen LogP contribution is 2.39. The van der Waals surface area contributed by atoms with Crippen LogP contribution in [0, 0.1) is 12.9 Å². The number of thioether (sulfide) groups is 1. The molecule has 1 atom stereocenters. The van der Waals surface area contributed by atoms with E-state index in [-0.39, 0.29) is 0 Å². The number of nitrogens with one attached hydrogen (secondary N) is 1. The molecule has 4 heterocycles. The lowest BCUT2D eigenvalue weighted by molar-refractivity contribution is 0.294. The zero-order valence-corrected chi connectivity index (χ0v) is 15.0. The monoisotopic (exact) mass is 379 g/mol. The molecule has 0 aliphatic carbocycles. The first-order valence-electron chi connectivity index (χ1n) is 8.32. The Labute approximate surface area is 158 Å². The van der Waals surface area contributed by atoms with Gasteiger partial charge < -0.3 is 10.4 Å². The van der Waals surface area contributed by atoms with E-state index < -0.39 is 11.5 Å². The number of imidazole rings is 1. The molecule has 4 aromatic rings. The molecule has 1 aromatic carbocycles. The smallest absolute Gasteiger partial charge is 0.213 e. The van der Waals surface area contributed by atoms with Gasteiger partial charge >= 0.3 is 0 Å². The molecule has 0 bridgehead atoms. The van der Waals surface area contributed by atoms with Crippen LogP contribution >= 0.6 is 11.8 Å². The van der Waals surface area contributed by atoms with Crippen LogP contribution in [0.15, 0.2) is 53.6 Å². The molecule has 0 amide bonds. The SMILES string of the molecule is Cc1ccc2nc(-c3ccnc(F)c3)n(-c3ccc4c(c3)SC(O)N4)c2n1. The van der Waals surface area contributed by atoms with Crippen LogP contribution in [0.1, 0.15) is 5.69 Å². The Bertz CT molecular complexity index is 1190. The lowest BCUT2D eigenvalue weighted by Gasteiger charge is -2.10. The lowest BCUT2D eigenvalue weighted by atomic mass is 10.2. The molecule has 3 aromatic heterocycles. The molecule has 1 unspecified atom stereocenters. The second kappa shape index (κ2) is 6.04. The summed E-state index contributed by atoms with van der Waals surface area (Å²) in [6.45, 7) is 1.92. The van der Waals surface area contributed by atoms with E-state index >= 15 is 0 Å². The molecular formula is C19H14FN5OS. The van der Waals surface area contributed by atoms with E-state index in [0.717, 1.165) is 27.5 Å². The molecule has 6 nitrogen and oxygen atoms in total. The molecule has 0 saturated heterocycles. The average molecular weight is 379 g/mol. The average Bonchev–Trinajstić information content (AvgIpc) is 3.20. The topological polar surface area (TPSA) is 75.9 Å². The van der Waals surface area contributed by atoms with E-state index in [1.165, 1.54) is 24.0 Å². The second-order valence-corrected chi connectivity index (χ2v) is 7.35. The van der Waals surface area contributed by atoms with Crippen LogP contribution in [0.4, 0.5) is 10.1 Å². The predicted molar refractivity (Wildman–Crippen MR) is 102 cm³/mol. The highest BCUT2D eigenvalue weighted by atomic mass is 32.2. The maximum Gasteiger partial charge on any atom is 0.213 e. The van der Waals surface area contributed by atoms with Crippen molar-refractivity contribution >= 4 is 28.6 Å². The number of nitrogens with zero attached hydrogens (tertiary/aromatic N) is 4. The molecule has 0 saturated carbocycles. The van der Waals surface area contributed by atoms with Crippen LogP contribution in [0.2, 0.25) is 0 Å². The van der Waals surface area contributed by atoms with Gasteiger partial charge in [0.05, 0.1) is 11.4 Å². The number of hydrogen-bond acceptors (Lipinski definition) is 6. The number of aryl methyl sites for hydroxylation is 1. The van der Waals surface area contributed by atoms with Gasteiger partial charge in [0.15, 0.2) is 11.2 Å². The Morgan fingerprint density at radius 3 is 2.89 bits per heavy atom. The predicted octanol–water partition coefficient (Wildman–Crippen LogP) is 3.72. The number of hydrogen-bond donors (Lipinski definition) is 2. The number of benzene rings is 1. The number of aliphatic hydroxyl groups excluding tert-OH is 1. The molecule has 0 radical (unpaired) electrons. The van der Waals surface area contributed by atoms with Crippen molar-refractivity contribution in [3.63, 3.8) is 0 Å². The zero-order valence-electron chi connectivity index (χ0n) is 14.2. The number of aromatic nitrogens is 4. The fourth-order valence-electron chi connectivity index (χ4n) is 3.18. The molecular weight excluding hydrogens is 365 g/mol. The molecule has 134 valence electrons. The third kappa shape index (κ3) is 2.73. The van der Waals surface area contributed by atoms with Gasteiger partial charge in [-0.15, -0.1) is 0 Å². The van der Waals surface area contributed by atoms with Crippen LogP contribution in [-0.2, 0) is 0 Å². The fraction of sp³-hybridized carbons (Fsp3) is 0.105. The van der Waals surface area contributed by atoms with E-state index in [1.54, 1.807) is 6.07 Å². The van der Waals surface area contributed by atoms with Gasteiger partial charge in [-0.05, 0) is 43.3 Å². The molecule has 27 heavy (non-hydrogen) atoms. The summed E-state index contributed by atoms with van der Waals surface area (Å²) in [6, 6.07) is 12.7. The summed E-state index contributed by atoms with van der Waals surface area (Å²) in [6.07, 6.45) is 1.42. The Hall–Kier alpha value is -2.97. The number of anilines is 1. The van der Waals surface area contributed by atoms with Gasteiger partial charge in [0.2, 0.25) is 5.95 Å². The molecule has 1 aliphatic rings. The highest BCUT2D eigenvalue weighted by Gasteiger charge is 2.22. The number of pyridine rings is 2. The van der Waals surface area contributed by atoms with Crippen LogP contribution in [0.3, 0.4) is 0 Å². The molecule has 2 N–H and O–H groups in total. The largest absolute Gasteiger partial charge is 0.364 e. The molecule has 5 rings (SSSR count). The summed E-state index contributed by atoms with van der Waals surface area (Å²) in [7, 11) is 0. The van der Waals surface area contributed by atoms with Crippen LogP contribution in [0.5, 0.6) is 0 Å². The number of fused-ring (bicyclic) bond motifs is 2. The summed E-state index contributed by atoms with van der Waals surface area (Å²) < 4.78 is 15.6. The molecule has 1 aliphatic heterocycles. The summed E-state index contributed by atoms with van der Waals surface area (Å²) >= 11 is 1.34. The van der Waals surface area contributed by atoms with Gasteiger partial charge in [0, 0.05) is 28.4 Å². The van der Waals surface area contributed by atoms with E-state index in [9.17, 15) is 9.50 Å². The van der Waals surface area contributed by atoms with E-state index in [4.69, 9.17) is 0 Å². The van der Waals surface area contributed by atoms with Crippen LogP contribution < -0.4 is 5.32 Å².